The number of halogens is 1. The van der Waals surface area contributed by atoms with Crippen molar-refractivity contribution in [2.75, 3.05) is 37.8 Å². The Morgan fingerprint density at radius 2 is 2.15 bits per heavy atom. The molecule has 0 unspecified atom stereocenters. The number of likely N-dealkylation sites (N-methyl/N-ethyl adjacent to an activating group) is 1. The Morgan fingerprint density at radius 1 is 1.30 bits per heavy atom. The molecule has 7 heteroatoms. The maximum Gasteiger partial charge on any atom is 0.249 e. The molecule has 6 nitrogen and oxygen atoms in total. The third-order valence-electron chi connectivity index (χ3n) is 2.50. The molecule has 20 heavy (non-hydrogen) atoms. The van der Waals surface area contributed by atoms with Gasteiger partial charge in [-0.2, -0.15) is 10.1 Å². The maximum absolute atomic E-state index is 4.36. The van der Waals surface area contributed by atoms with Gasteiger partial charge >= 0.3 is 0 Å². The normalized spacial score (nSPS) is 10.6. The zero-order valence-corrected chi connectivity index (χ0v) is 13.1. The second-order valence-corrected chi connectivity index (χ2v) is 5.45. The van der Waals surface area contributed by atoms with Gasteiger partial charge in [0, 0.05) is 23.2 Å². The van der Waals surface area contributed by atoms with Crippen molar-refractivity contribution in [1.29, 1.82) is 0 Å². The van der Waals surface area contributed by atoms with E-state index in [1.54, 1.807) is 6.20 Å². The van der Waals surface area contributed by atoms with Crippen LogP contribution in [0.4, 0.5) is 17.5 Å². The van der Waals surface area contributed by atoms with Gasteiger partial charge in [0.1, 0.15) is 0 Å². The minimum Gasteiger partial charge on any atom is -0.367 e. The number of rotatable bonds is 6. The van der Waals surface area contributed by atoms with Gasteiger partial charge in [0.2, 0.25) is 5.95 Å². The first-order valence-electron chi connectivity index (χ1n) is 6.24. The summed E-state index contributed by atoms with van der Waals surface area (Å²) < 4.78 is 0.996. The first-order chi connectivity index (χ1) is 9.63. The highest BCUT2D eigenvalue weighted by Gasteiger charge is 2.01. The van der Waals surface area contributed by atoms with Crippen molar-refractivity contribution >= 4 is 33.4 Å². The molecular formula is C13H17BrN6. The molecule has 0 saturated heterocycles. The summed E-state index contributed by atoms with van der Waals surface area (Å²) in [7, 11) is 4.06. The Kier molecular flexibility index (Phi) is 5.25. The summed E-state index contributed by atoms with van der Waals surface area (Å²) in [5.41, 5.74) is 0.909. The molecule has 0 bridgehead atoms. The van der Waals surface area contributed by atoms with Gasteiger partial charge in [-0.1, -0.05) is 22.0 Å². The minimum absolute atomic E-state index is 0.470. The molecule has 0 fully saturated rings. The Hall–Kier alpha value is -1.73. The molecule has 0 aliphatic rings. The van der Waals surface area contributed by atoms with Crippen LogP contribution < -0.4 is 10.6 Å². The topological polar surface area (TPSA) is 66.0 Å². The molecule has 0 spiro atoms. The molecule has 0 amide bonds. The standard InChI is InChI=1S/C13H17BrN6/c1-20(2)7-6-15-12-9-16-19-13(18-12)17-11-5-3-4-10(14)8-11/h3-5,8-9H,6-7H2,1-2H3,(H2,15,17,18,19). The summed E-state index contributed by atoms with van der Waals surface area (Å²) in [4.78, 5) is 6.46. The molecule has 2 N–H and O–H groups in total. The second-order valence-electron chi connectivity index (χ2n) is 4.53. The van der Waals surface area contributed by atoms with Crippen LogP contribution in [0.5, 0.6) is 0 Å². The van der Waals surface area contributed by atoms with Gasteiger partial charge in [0.15, 0.2) is 5.82 Å². The van der Waals surface area contributed by atoms with Crippen molar-refractivity contribution in [2.45, 2.75) is 0 Å². The minimum atomic E-state index is 0.470. The van der Waals surface area contributed by atoms with Crippen molar-refractivity contribution in [1.82, 2.24) is 20.1 Å². The van der Waals surface area contributed by atoms with E-state index in [0.717, 1.165) is 23.2 Å². The quantitative estimate of drug-likeness (QED) is 0.844. The van der Waals surface area contributed by atoms with Gasteiger partial charge in [0.25, 0.3) is 0 Å². The molecular weight excluding hydrogens is 320 g/mol. The lowest BCUT2D eigenvalue weighted by Crippen LogP contribution is -2.21. The predicted octanol–water partition coefficient (Wildman–Crippen LogP) is 2.35. The van der Waals surface area contributed by atoms with E-state index in [1.807, 2.05) is 38.4 Å². The number of anilines is 3. The third kappa shape index (κ3) is 4.75. The van der Waals surface area contributed by atoms with Gasteiger partial charge in [-0.3, -0.25) is 0 Å². The fourth-order valence-electron chi connectivity index (χ4n) is 1.54. The van der Waals surface area contributed by atoms with Crippen LogP contribution in [0.15, 0.2) is 34.9 Å². The van der Waals surface area contributed by atoms with E-state index in [-0.39, 0.29) is 0 Å². The Morgan fingerprint density at radius 3 is 2.90 bits per heavy atom. The lowest BCUT2D eigenvalue weighted by molar-refractivity contribution is 0.425. The monoisotopic (exact) mass is 336 g/mol. The summed E-state index contributed by atoms with van der Waals surface area (Å²) in [6.07, 6.45) is 1.61. The maximum atomic E-state index is 4.36. The van der Waals surface area contributed by atoms with E-state index >= 15 is 0 Å². The highest BCUT2D eigenvalue weighted by Crippen LogP contribution is 2.18. The van der Waals surface area contributed by atoms with Crippen LogP contribution in [0.2, 0.25) is 0 Å². The smallest absolute Gasteiger partial charge is 0.249 e. The van der Waals surface area contributed by atoms with Crippen LogP contribution >= 0.6 is 15.9 Å². The molecule has 1 aromatic carbocycles. The Bertz CT molecular complexity index is 560. The zero-order chi connectivity index (χ0) is 14.4. The largest absolute Gasteiger partial charge is 0.367 e. The van der Waals surface area contributed by atoms with Crippen molar-refractivity contribution in [2.24, 2.45) is 0 Å². The molecule has 2 rings (SSSR count). The second kappa shape index (κ2) is 7.16. The molecule has 106 valence electrons. The van der Waals surface area contributed by atoms with Gasteiger partial charge in [-0.05, 0) is 32.3 Å². The van der Waals surface area contributed by atoms with Gasteiger partial charge in [-0.25, -0.2) is 0 Å². The van der Waals surface area contributed by atoms with Crippen molar-refractivity contribution < 1.29 is 0 Å². The van der Waals surface area contributed by atoms with Crippen LogP contribution in [0.25, 0.3) is 0 Å². The van der Waals surface area contributed by atoms with E-state index in [2.05, 4.69) is 46.6 Å². The Labute approximate surface area is 126 Å². The van der Waals surface area contributed by atoms with Gasteiger partial charge in [-0.15, -0.1) is 5.10 Å². The average molecular weight is 337 g/mol. The number of aromatic nitrogens is 3. The molecule has 0 aliphatic carbocycles. The molecule has 0 atom stereocenters. The number of hydrogen-bond donors (Lipinski definition) is 2. The molecule has 0 saturated carbocycles. The highest BCUT2D eigenvalue weighted by molar-refractivity contribution is 9.10. The van der Waals surface area contributed by atoms with E-state index in [0.29, 0.717) is 11.8 Å². The van der Waals surface area contributed by atoms with Crippen LogP contribution in [0.3, 0.4) is 0 Å². The van der Waals surface area contributed by atoms with Gasteiger partial charge < -0.3 is 15.5 Å². The zero-order valence-electron chi connectivity index (χ0n) is 11.5. The third-order valence-corrected chi connectivity index (χ3v) is 3.00. The van der Waals surface area contributed by atoms with Crippen molar-refractivity contribution in [3.63, 3.8) is 0 Å². The molecule has 1 heterocycles. The fourth-order valence-corrected chi connectivity index (χ4v) is 1.94. The highest BCUT2D eigenvalue weighted by atomic mass is 79.9. The fraction of sp³-hybridized carbons (Fsp3) is 0.308. The molecule has 0 aliphatic heterocycles. The van der Waals surface area contributed by atoms with E-state index < -0.39 is 0 Å². The summed E-state index contributed by atoms with van der Waals surface area (Å²) in [6.45, 7) is 1.74. The lowest BCUT2D eigenvalue weighted by Gasteiger charge is -2.11. The first kappa shape index (κ1) is 14.7. The van der Waals surface area contributed by atoms with Gasteiger partial charge in [0.05, 0.1) is 6.20 Å². The molecule has 1 aromatic heterocycles. The summed E-state index contributed by atoms with van der Waals surface area (Å²) in [5.74, 6) is 1.18. The van der Waals surface area contributed by atoms with Crippen molar-refractivity contribution in [3.05, 3.63) is 34.9 Å². The van der Waals surface area contributed by atoms with E-state index in [9.17, 15) is 0 Å². The SMILES string of the molecule is CN(C)CCNc1cnnc(Nc2cccc(Br)c2)n1. The van der Waals surface area contributed by atoms with Crippen LogP contribution in [-0.2, 0) is 0 Å². The van der Waals surface area contributed by atoms with E-state index in [4.69, 9.17) is 0 Å². The number of benzene rings is 1. The van der Waals surface area contributed by atoms with Crippen LogP contribution in [-0.4, -0.2) is 47.3 Å². The van der Waals surface area contributed by atoms with E-state index in [1.165, 1.54) is 0 Å². The summed E-state index contributed by atoms with van der Waals surface area (Å²) in [6, 6.07) is 7.80. The average Bonchev–Trinajstić information content (AvgIpc) is 2.39. The summed E-state index contributed by atoms with van der Waals surface area (Å²) >= 11 is 3.42. The van der Waals surface area contributed by atoms with Crippen LogP contribution in [0, 0.1) is 0 Å². The number of hydrogen-bond acceptors (Lipinski definition) is 6. The number of nitrogens with zero attached hydrogens (tertiary/aromatic N) is 4. The first-order valence-corrected chi connectivity index (χ1v) is 7.04. The number of nitrogens with one attached hydrogen (secondary N) is 2. The molecule has 2 aromatic rings. The van der Waals surface area contributed by atoms with Crippen molar-refractivity contribution in [3.8, 4) is 0 Å². The Balaban J connectivity index is 1.99. The van der Waals surface area contributed by atoms with Crippen LogP contribution in [0.1, 0.15) is 0 Å². The molecule has 0 radical (unpaired) electrons. The predicted molar refractivity (Wildman–Crippen MR) is 84.3 cm³/mol. The summed E-state index contributed by atoms with van der Waals surface area (Å²) in [5, 5.41) is 14.2. The lowest BCUT2D eigenvalue weighted by atomic mass is 10.3.